The third-order valence-corrected chi connectivity index (χ3v) is 5.57. The van der Waals surface area contributed by atoms with Crippen molar-refractivity contribution in [3.8, 4) is 0 Å². The average molecular weight is 349 g/mol. The fourth-order valence-electron chi connectivity index (χ4n) is 4.08. The van der Waals surface area contributed by atoms with Gasteiger partial charge in [-0.05, 0) is 42.0 Å². The van der Waals surface area contributed by atoms with Gasteiger partial charge in [0.1, 0.15) is 0 Å². The second kappa shape index (κ2) is 7.92. The van der Waals surface area contributed by atoms with Gasteiger partial charge in [0.2, 0.25) is 5.91 Å². The van der Waals surface area contributed by atoms with Gasteiger partial charge in [0, 0.05) is 38.4 Å². The first-order valence-electron chi connectivity index (χ1n) is 9.64. The molecule has 136 valence electrons. The van der Waals surface area contributed by atoms with E-state index in [9.17, 15) is 4.79 Å². The fraction of sp³-hybridized carbons (Fsp3) is 0.409. The topological polar surface area (TPSA) is 35.6 Å². The highest BCUT2D eigenvalue weighted by molar-refractivity contribution is 5.78. The van der Waals surface area contributed by atoms with E-state index in [1.54, 1.807) is 0 Å². The Balaban J connectivity index is 1.22. The normalized spacial score (nSPS) is 20.0. The van der Waals surface area contributed by atoms with E-state index in [0.29, 0.717) is 12.5 Å². The van der Waals surface area contributed by atoms with Gasteiger partial charge in [-0.25, -0.2) is 0 Å². The number of fused-ring (bicyclic) bond motifs is 1. The van der Waals surface area contributed by atoms with Crippen LogP contribution in [0.15, 0.2) is 54.6 Å². The lowest BCUT2D eigenvalue weighted by atomic mass is 10.00. The van der Waals surface area contributed by atoms with Gasteiger partial charge in [-0.1, -0.05) is 42.5 Å². The Hall–Kier alpha value is -2.33. The largest absolute Gasteiger partial charge is 0.371 e. The van der Waals surface area contributed by atoms with Crippen LogP contribution in [0.25, 0.3) is 0 Å². The zero-order valence-electron chi connectivity index (χ0n) is 15.2. The van der Waals surface area contributed by atoms with Crippen LogP contribution in [-0.2, 0) is 17.8 Å². The number of amides is 1. The summed E-state index contributed by atoms with van der Waals surface area (Å²) >= 11 is 0. The van der Waals surface area contributed by atoms with Gasteiger partial charge in [-0.2, -0.15) is 0 Å². The number of hydrogen-bond acceptors (Lipinski definition) is 3. The van der Waals surface area contributed by atoms with Crippen molar-refractivity contribution in [3.63, 3.8) is 0 Å². The number of anilines is 1. The molecule has 2 aliphatic rings. The summed E-state index contributed by atoms with van der Waals surface area (Å²) in [5, 5.41) is 3.16. The highest BCUT2D eigenvalue weighted by atomic mass is 16.2. The molecule has 2 aromatic carbocycles. The predicted octanol–water partition coefficient (Wildman–Crippen LogP) is 2.69. The smallest absolute Gasteiger partial charge is 0.234 e. The lowest BCUT2D eigenvalue weighted by Gasteiger charge is -2.28. The van der Waals surface area contributed by atoms with Gasteiger partial charge in [-0.15, -0.1) is 0 Å². The Morgan fingerprint density at radius 3 is 2.62 bits per heavy atom. The summed E-state index contributed by atoms with van der Waals surface area (Å²) in [6.45, 7) is 5.25. The third kappa shape index (κ3) is 4.07. The Kier molecular flexibility index (Phi) is 5.21. The summed E-state index contributed by atoms with van der Waals surface area (Å²) in [6.07, 6.45) is 2.18. The van der Waals surface area contributed by atoms with Gasteiger partial charge >= 0.3 is 0 Å². The molecule has 4 heteroatoms. The van der Waals surface area contributed by atoms with Crippen LogP contribution < -0.4 is 10.2 Å². The van der Waals surface area contributed by atoms with Crippen LogP contribution in [0.5, 0.6) is 0 Å². The van der Waals surface area contributed by atoms with E-state index in [1.807, 2.05) is 0 Å². The van der Waals surface area contributed by atoms with Crippen molar-refractivity contribution in [2.75, 3.05) is 37.6 Å². The molecule has 26 heavy (non-hydrogen) atoms. The van der Waals surface area contributed by atoms with E-state index in [1.165, 1.54) is 16.8 Å². The van der Waals surface area contributed by atoms with Crippen molar-refractivity contribution in [1.29, 1.82) is 0 Å². The zero-order valence-corrected chi connectivity index (χ0v) is 15.2. The Labute approximate surface area is 155 Å². The van der Waals surface area contributed by atoms with Crippen molar-refractivity contribution in [2.24, 2.45) is 5.92 Å². The van der Waals surface area contributed by atoms with Gasteiger partial charge < -0.3 is 10.2 Å². The fourth-order valence-corrected chi connectivity index (χ4v) is 4.08. The maximum atomic E-state index is 12.4. The van der Waals surface area contributed by atoms with Gasteiger partial charge in [0.05, 0.1) is 6.54 Å². The molecule has 2 aromatic rings. The first-order chi connectivity index (χ1) is 12.8. The third-order valence-electron chi connectivity index (χ3n) is 5.57. The van der Waals surface area contributed by atoms with E-state index in [0.717, 1.165) is 45.6 Å². The van der Waals surface area contributed by atoms with Gasteiger partial charge in [0.15, 0.2) is 0 Å². The molecule has 2 aliphatic heterocycles. The predicted molar refractivity (Wildman–Crippen MR) is 105 cm³/mol. The Bertz CT molecular complexity index is 746. The Morgan fingerprint density at radius 2 is 1.77 bits per heavy atom. The first kappa shape index (κ1) is 17.1. The van der Waals surface area contributed by atoms with Gasteiger partial charge in [-0.3, -0.25) is 9.69 Å². The van der Waals surface area contributed by atoms with Crippen molar-refractivity contribution in [2.45, 2.75) is 19.4 Å². The molecule has 0 aliphatic carbocycles. The molecule has 4 nitrogen and oxygen atoms in total. The molecule has 1 fully saturated rings. The molecule has 0 bridgehead atoms. The number of nitrogens with zero attached hydrogens (tertiary/aromatic N) is 2. The number of benzene rings is 2. The van der Waals surface area contributed by atoms with Crippen molar-refractivity contribution < 1.29 is 4.79 Å². The molecule has 1 atom stereocenters. The SMILES string of the molecule is O=C(CN1CCc2ccccc2C1)NC[C@H]1CCN(c2ccccc2)C1. The summed E-state index contributed by atoms with van der Waals surface area (Å²) < 4.78 is 0. The summed E-state index contributed by atoms with van der Waals surface area (Å²) in [6, 6.07) is 19.1. The molecule has 0 saturated carbocycles. The standard InChI is InChI=1S/C22H27N3O/c26-22(17-24-12-11-19-6-4-5-7-20(19)16-24)23-14-18-10-13-25(15-18)21-8-2-1-3-9-21/h1-9,18H,10-17H2,(H,23,26)/t18-/m1/s1. The molecule has 4 rings (SSSR count). The molecule has 0 aromatic heterocycles. The molecule has 1 N–H and O–H groups in total. The Morgan fingerprint density at radius 1 is 1.00 bits per heavy atom. The van der Waals surface area contributed by atoms with Crippen LogP contribution in [0.3, 0.4) is 0 Å². The molecule has 0 unspecified atom stereocenters. The van der Waals surface area contributed by atoms with Crippen molar-refractivity contribution in [1.82, 2.24) is 10.2 Å². The molecular formula is C22H27N3O. The number of nitrogens with one attached hydrogen (secondary N) is 1. The lowest BCUT2D eigenvalue weighted by molar-refractivity contribution is -0.122. The molecule has 0 radical (unpaired) electrons. The van der Waals surface area contributed by atoms with Crippen LogP contribution >= 0.6 is 0 Å². The van der Waals surface area contributed by atoms with E-state index in [-0.39, 0.29) is 5.91 Å². The minimum atomic E-state index is 0.155. The first-order valence-corrected chi connectivity index (χ1v) is 9.64. The minimum Gasteiger partial charge on any atom is -0.371 e. The highest BCUT2D eigenvalue weighted by Gasteiger charge is 2.23. The van der Waals surface area contributed by atoms with Crippen LogP contribution in [0.2, 0.25) is 0 Å². The lowest BCUT2D eigenvalue weighted by Crippen LogP contribution is -2.41. The van der Waals surface area contributed by atoms with E-state index < -0.39 is 0 Å². The van der Waals surface area contributed by atoms with E-state index in [2.05, 4.69) is 69.7 Å². The molecule has 1 saturated heterocycles. The highest BCUT2D eigenvalue weighted by Crippen LogP contribution is 2.23. The van der Waals surface area contributed by atoms with Gasteiger partial charge in [0.25, 0.3) is 0 Å². The number of carbonyl (C=O) groups excluding carboxylic acids is 1. The maximum Gasteiger partial charge on any atom is 0.234 e. The molecular weight excluding hydrogens is 322 g/mol. The summed E-state index contributed by atoms with van der Waals surface area (Å²) in [4.78, 5) is 17.0. The van der Waals surface area contributed by atoms with E-state index in [4.69, 9.17) is 0 Å². The quantitative estimate of drug-likeness (QED) is 0.901. The molecule has 0 spiro atoms. The number of rotatable bonds is 5. The van der Waals surface area contributed by atoms with Crippen molar-refractivity contribution in [3.05, 3.63) is 65.7 Å². The monoisotopic (exact) mass is 349 g/mol. The maximum absolute atomic E-state index is 12.4. The number of carbonyl (C=O) groups is 1. The second-order valence-corrected chi connectivity index (χ2v) is 7.47. The van der Waals surface area contributed by atoms with Crippen molar-refractivity contribution >= 4 is 11.6 Å². The zero-order chi connectivity index (χ0) is 17.8. The van der Waals surface area contributed by atoms with Crippen LogP contribution in [0, 0.1) is 5.92 Å². The molecule has 2 heterocycles. The summed E-state index contributed by atoms with van der Waals surface area (Å²) in [7, 11) is 0. The summed E-state index contributed by atoms with van der Waals surface area (Å²) in [5.41, 5.74) is 4.07. The van der Waals surface area contributed by atoms with Crippen LogP contribution in [0.1, 0.15) is 17.5 Å². The van der Waals surface area contributed by atoms with E-state index >= 15 is 0 Å². The second-order valence-electron chi connectivity index (χ2n) is 7.47. The average Bonchev–Trinajstić information content (AvgIpc) is 3.16. The molecule has 1 amide bonds. The minimum absolute atomic E-state index is 0.155. The van der Waals surface area contributed by atoms with Crippen LogP contribution in [0.4, 0.5) is 5.69 Å². The number of para-hydroxylation sites is 1. The summed E-state index contributed by atoms with van der Waals surface area (Å²) in [5.74, 6) is 0.698. The van der Waals surface area contributed by atoms with Crippen LogP contribution in [-0.4, -0.2) is 43.5 Å². The number of hydrogen-bond donors (Lipinski definition) is 1.